The molecule has 0 saturated carbocycles. The predicted molar refractivity (Wildman–Crippen MR) is 94.4 cm³/mol. The highest BCUT2D eigenvalue weighted by Gasteiger charge is 2.33. The van der Waals surface area contributed by atoms with Gasteiger partial charge in [-0.15, -0.1) is 0 Å². The molecule has 0 spiro atoms. The van der Waals surface area contributed by atoms with Crippen molar-refractivity contribution < 1.29 is 0 Å². The zero-order valence-electron chi connectivity index (χ0n) is 14.8. The van der Waals surface area contributed by atoms with E-state index in [0.717, 1.165) is 5.92 Å². The standard InChI is InChI=1S/C21H34/c1-16(2)21(4,5)20-13-9-11-18-15-14-17(3)10-7-6-8-12-19(18)20/h10,12-13,16,18H,6-9,11,14-15H2,1-5H3/b17-10-,19-12+. The molecule has 2 rings (SSSR count). The average molecular weight is 287 g/mol. The fourth-order valence-corrected chi connectivity index (χ4v) is 3.67. The first-order valence-corrected chi connectivity index (χ1v) is 8.99. The minimum atomic E-state index is 0.305. The van der Waals surface area contributed by atoms with Gasteiger partial charge in [0.2, 0.25) is 0 Å². The molecule has 2 aliphatic rings. The molecule has 0 aromatic carbocycles. The van der Waals surface area contributed by atoms with Crippen LogP contribution in [-0.2, 0) is 0 Å². The van der Waals surface area contributed by atoms with Crippen molar-refractivity contribution in [1.29, 1.82) is 0 Å². The number of allylic oxidation sites excluding steroid dienone is 6. The molecule has 0 aromatic rings. The van der Waals surface area contributed by atoms with Crippen LogP contribution in [0.1, 0.15) is 79.6 Å². The van der Waals surface area contributed by atoms with Gasteiger partial charge in [-0.1, -0.05) is 51.5 Å². The van der Waals surface area contributed by atoms with Gasteiger partial charge in [-0.3, -0.25) is 0 Å². The summed E-state index contributed by atoms with van der Waals surface area (Å²) in [5, 5.41) is 0. The van der Waals surface area contributed by atoms with Crippen LogP contribution in [0.25, 0.3) is 0 Å². The van der Waals surface area contributed by atoms with E-state index < -0.39 is 0 Å². The quantitative estimate of drug-likeness (QED) is 0.487. The van der Waals surface area contributed by atoms with Crippen molar-refractivity contribution in [3.05, 3.63) is 34.9 Å². The van der Waals surface area contributed by atoms with E-state index in [1.807, 2.05) is 0 Å². The van der Waals surface area contributed by atoms with Crippen LogP contribution in [-0.4, -0.2) is 0 Å². The molecule has 0 amide bonds. The van der Waals surface area contributed by atoms with Crippen LogP contribution in [0.4, 0.5) is 0 Å². The smallest absolute Gasteiger partial charge is 0.00810 e. The van der Waals surface area contributed by atoms with E-state index in [2.05, 4.69) is 52.8 Å². The molecule has 0 fully saturated rings. The van der Waals surface area contributed by atoms with Crippen LogP contribution in [0, 0.1) is 17.3 Å². The molecule has 0 aliphatic heterocycles. The molecule has 0 heteroatoms. The summed E-state index contributed by atoms with van der Waals surface area (Å²) in [5.74, 6) is 1.49. The lowest BCUT2D eigenvalue weighted by atomic mass is 9.66. The molecular weight excluding hydrogens is 252 g/mol. The van der Waals surface area contributed by atoms with Crippen LogP contribution in [0.2, 0.25) is 0 Å². The highest BCUT2D eigenvalue weighted by molar-refractivity contribution is 5.40. The first-order valence-electron chi connectivity index (χ1n) is 8.99. The van der Waals surface area contributed by atoms with E-state index in [9.17, 15) is 0 Å². The second kappa shape index (κ2) is 6.99. The molecule has 1 atom stereocenters. The van der Waals surface area contributed by atoms with E-state index in [4.69, 9.17) is 0 Å². The van der Waals surface area contributed by atoms with Crippen molar-refractivity contribution >= 4 is 0 Å². The van der Waals surface area contributed by atoms with E-state index >= 15 is 0 Å². The summed E-state index contributed by atoms with van der Waals surface area (Å²) in [4.78, 5) is 0. The molecule has 0 N–H and O–H groups in total. The molecule has 21 heavy (non-hydrogen) atoms. The van der Waals surface area contributed by atoms with E-state index in [-0.39, 0.29) is 0 Å². The van der Waals surface area contributed by atoms with E-state index in [1.165, 1.54) is 44.9 Å². The van der Waals surface area contributed by atoms with Gasteiger partial charge >= 0.3 is 0 Å². The molecule has 0 bridgehead atoms. The van der Waals surface area contributed by atoms with Gasteiger partial charge in [0.05, 0.1) is 0 Å². The van der Waals surface area contributed by atoms with E-state index in [1.54, 1.807) is 16.7 Å². The van der Waals surface area contributed by atoms with Crippen LogP contribution in [0.3, 0.4) is 0 Å². The summed E-state index contributed by atoms with van der Waals surface area (Å²) in [7, 11) is 0. The Balaban J connectivity index is 2.29. The minimum Gasteiger partial charge on any atom is -0.0856 e. The molecule has 2 aliphatic carbocycles. The Morgan fingerprint density at radius 2 is 1.71 bits per heavy atom. The fraction of sp³-hybridized carbons (Fsp3) is 0.714. The molecule has 1 unspecified atom stereocenters. The molecule has 118 valence electrons. The fourth-order valence-electron chi connectivity index (χ4n) is 3.67. The van der Waals surface area contributed by atoms with Crippen LogP contribution in [0.15, 0.2) is 34.9 Å². The highest BCUT2D eigenvalue weighted by atomic mass is 14.4. The van der Waals surface area contributed by atoms with Crippen molar-refractivity contribution in [2.24, 2.45) is 17.3 Å². The summed E-state index contributed by atoms with van der Waals surface area (Å²) in [6.07, 6.45) is 16.7. The van der Waals surface area contributed by atoms with Gasteiger partial charge in [-0.25, -0.2) is 0 Å². The summed E-state index contributed by atoms with van der Waals surface area (Å²) < 4.78 is 0. The van der Waals surface area contributed by atoms with Crippen molar-refractivity contribution in [1.82, 2.24) is 0 Å². The summed E-state index contributed by atoms with van der Waals surface area (Å²) in [6, 6.07) is 0. The number of hydrogen-bond acceptors (Lipinski definition) is 0. The number of fused-ring (bicyclic) bond motifs is 1. The lowest BCUT2D eigenvalue weighted by Gasteiger charge is -2.39. The SMILES string of the molecule is C/C1=C/CCC/C=C2/C(C(C)(C)C(C)C)=CCCC2CC1. The number of rotatable bonds is 2. The van der Waals surface area contributed by atoms with Gasteiger partial charge in [0.25, 0.3) is 0 Å². The minimum absolute atomic E-state index is 0.305. The van der Waals surface area contributed by atoms with Crippen LogP contribution < -0.4 is 0 Å². The van der Waals surface area contributed by atoms with Crippen LogP contribution in [0.5, 0.6) is 0 Å². The zero-order chi connectivity index (χ0) is 15.5. The average Bonchev–Trinajstić information content (AvgIpc) is 2.45. The first kappa shape index (κ1) is 16.6. The third-order valence-corrected chi connectivity index (χ3v) is 5.90. The Hall–Kier alpha value is -0.780. The van der Waals surface area contributed by atoms with Crippen LogP contribution >= 0.6 is 0 Å². The highest BCUT2D eigenvalue weighted by Crippen LogP contribution is 2.46. The Morgan fingerprint density at radius 3 is 2.43 bits per heavy atom. The number of hydrogen-bond donors (Lipinski definition) is 0. The lowest BCUT2D eigenvalue weighted by Crippen LogP contribution is -2.27. The van der Waals surface area contributed by atoms with Crippen molar-refractivity contribution in [3.8, 4) is 0 Å². The maximum Gasteiger partial charge on any atom is -0.00810 e. The summed E-state index contributed by atoms with van der Waals surface area (Å²) in [6.45, 7) is 12.0. The molecule has 0 aromatic heterocycles. The normalized spacial score (nSPS) is 29.8. The van der Waals surface area contributed by atoms with Gasteiger partial charge in [0, 0.05) is 0 Å². The predicted octanol–water partition coefficient (Wildman–Crippen LogP) is 6.84. The molecule has 0 saturated heterocycles. The first-order chi connectivity index (χ1) is 9.93. The largest absolute Gasteiger partial charge is 0.0856 e. The second-order valence-corrected chi connectivity index (χ2v) is 7.95. The van der Waals surface area contributed by atoms with E-state index in [0.29, 0.717) is 11.3 Å². The van der Waals surface area contributed by atoms with Crippen molar-refractivity contribution in [3.63, 3.8) is 0 Å². The Morgan fingerprint density at radius 1 is 1.00 bits per heavy atom. The monoisotopic (exact) mass is 286 g/mol. The Labute approximate surface area is 132 Å². The molecular formula is C21H34. The van der Waals surface area contributed by atoms with Gasteiger partial charge in [0.1, 0.15) is 0 Å². The molecule has 0 heterocycles. The second-order valence-electron chi connectivity index (χ2n) is 7.95. The zero-order valence-corrected chi connectivity index (χ0v) is 14.8. The third kappa shape index (κ3) is 3.90. The van der Waals surface area contributed by atoms with Gasteiger partial charge in [-0.2, -0.15) is 0 Å². The molecule has 0 radical (unpaired) electrons. The van der Waals surface area contributed by atoms with Crippen molar-refractivity contribution in [2.75, 3.05) is 0 Å². The van der Waals surface area contributed by atoms with Gasteiger partial charge in [0.15, 0.2) is 0 Å². The lowest BCUT2D eigenvalue weighted by molar-refractivity contribution is 0.300. The topological polar surface area (TPSA) is 0 Å². The summed E-state index contributed by atoms with van der Waals surface area (Å²) in [5.41, 5.74) is 5.28. The maximum absolute atomic E-state index is 2.59. The summed E-state index contributed by atoms with van der Waals surface area (Å²) >= 11 is 0. The van der Waals surface area contributed by atoms with Gasteiger partial charge in [-0.05, 0) is 80.3 Å². The Bertz CT molecular complexity index is 443. The van der Waals surface area contributed by atoms with Gasteiger partial charge < -0.3 is 0 Å². The third-order valence-electron chi connectivity index (χ3n) is 5.90. The molecule has 0 nitrogen and oxygen atoms in total. The maximum atomic E-state index is 2.59. The Kier molecular flexibility index (Phi) is 5.52. The van der Waals surface area contributed by atoms with Crippen molar-refractivity contribution in [2.45, 2.75) is 79.6 Å².